The van der Waals surface area contributed by atoms with Gasteiger partial charge in [0.15, 0.2) is 5.78 Å². The largest absolute Gasteiger partial charge is 0.331 e. The molecule has 0 atom stereocenters. The summed E-state index contributed by atoms with van der Waals surface area (Å²) < 4.78 is 0.973. The van der Waals surface area contributed by atoms with E-state index in [4.69, 9.17) is 0 Å². The first-order chi connectivity index (χ1) is 5.83. The molecule has 2 nitrogen and oxygen atoms in total. The highest BCUT2D eigenvalue weighted by Crippen LogP contribution is 2.04. The summed E-state index contributed by atoms with van der Waals surface area (Å²) >= 11 is 0. The Balaban J connectivity index is 3.47. The minimum Gasteiger partial charge on any atom is -0.331 e. The summed E-state index contributed by atoms with van der Waals surface area (Å²) in [6.07, 6.45) is 2.76. The maximum absolute atomic E-state index is 11.2. The molecule has 0 N–H and O–H groups in total. The molecular formula is C11H22NO+. The summed E-state index contributed by atoms with van der Waals surface area (Å²) in [7, 11) is 6.50. The van der Waals surface area contributed by atoms with E-state index in [2.05, 4.69) is 27.7 Å². The number of nitrogens with zero attached hydrogens (tertiary/aromatic N) is 1. The van der Waals surface area contributed by atoms with Gasteiger partial charge in [-0.2, -0.15) is 0 Å². The molecule has 0 fully saturated rings. The van der Waals surface area contributed by atoms with E-state index in [0.29, 0.717) is 12.0 Å². The molecule has 13 heavy (non-hydrogen) atoms. The molecular weight excluding hydrogens is 162 g/mol. The summed E-state index contributed by atoms with van der Waals surface area (Å²) in [5.74, 6) is 0.210. The Morgan fingerprint density at radius 2 is 1.77 bits per heavy atom. The summed E-state index contributed by atoms with van der Waals surface area (Å²) in [4.78, 5) is 11.2. The number of carbonyl (C=O) groups is 1. The molecule has 0 aromatic heterocycles. The van der Waals surface area contributed by atoms with Crippen molar-refractivity contribution >= 4 is 5.78 Å². The van der Waals surface area contributed by atoms with E-state index >= 15 is 0 Å². The van der Waals surface area contributed by atoms with Crippen molar-refractivity contribution in [1.29, 1.82) is 0 Å². The summed E-state index contributed by atoms with van der Waals surface area (Å²) in [6.45, 7) is 6.54. The summed E-state index contributed by atoms with van der Waals surface area (Å²) in [5, 5.41) is 0. The van der Waals surface area contributed by atoms with Crippen molar-refractivity contribution in [3.8, 4) is 0 Å². The Morgan fingerprint density at radius 3 is 2.15 bits per heavy atom. The molecule has 0 aromatic carbocycles. The first kappa shape index (κ1) is 12.4. The van der Waals surface area contributed by atoms with E-state index in [-0.39, 0.29) is 5.78 Å². The van der Waals surface area contributed by atoms with Crippen LogP contribution in [-0.2, 0) is 4.79 Å². The lowest BCUT2D eigenvalue weighted by atomic mass is 10.1. The first-order valence-corrected chi connectivity index (χ1v) is 4.82. The topological polar surface area (TPSA) is 17.1 Å². The lowest BCUT2D eigenvalue weighted by Gasteiger charge is -2.23. The van der Waals surface area contributed by atoms with Crippen molar-refractivity contribution in [2.24, 2.45) is 0 Å². The fourth-order valence-electron chi connectivity index (χ4n) is 1.09. The van der Waals surface area contributed by atoms with Crippen LogP contribution in [0.3, 0.4) is 0 Å². The van der Waals surface area contributed by atoms with Crippen LogP contribution in [0.4, 0.5) is 0 Å². The lowest BCUT2D eigenvalue weighted by molar-refractivity contribution is -0.870. The Hall–Kier alpha value is -0.630. The predicted molar refractivity (Wildman–Crippen MR) is 56.6 cm³/mol. The second kappa shape index (κ2) is 5.18. The van der Waals surface area contributed by atoms with Gasteiger partial charge in [0, 0.05) is 6.42 Å². The molecule has 0 aliphatic rings. The average molecular weight is 184 g/mol. The van der Waals surface area contributed by atoms with Crippen molar-refractivity contribution in [1.82, 2.24) is 0 Å². The number of allylic oxidation sites excluding steroid dienone is 1. The van der Waals surface area contributed by atoms with Gasteiger partial charge in [0.25, 0.3) is 0 Å². The van der Waals surface area contributed by atoms with Gasteiger partial charge >= 0.3 is 0 Å². The van der Waals surface area contributed by atoms with Gasteiger partial charge in [-0.25, -0.2) is 0 Å². The van der Waals surface area contributed by atoms with Gasteiger partial charge in [-0.1, -0.05) is 6.58 Å². The van der Waals surface area contributed by atoms with Gasteiger partial charge in [0.1, 0.15) is 0 Å². The molecule has 0 saturated carbocycles. The zero-order valence-corrected chi connectivity index (χ0v) is 9.39. The highest BCUT2D eigenvalue weighted by molar-refractivity contribution is 5.93. The van der Waals surface area contributed by atoms with Crippen molar-refractivity contribution in [2.75, 3.05) is 27.7 Å². The Kier molecular flexibility index (Phi) is 4.92. The van der Waals surface area contributed by atoms with Crippen molar-refractivity contribution in [2.45, 2.75) is 26.2 Å². The minimum absolute atomic E-state index is 0.210. The van der Waals surface area contributed by atoms with E-state index in [9.17, 15) is 4.79 Å². The van der Waals surface area contributed by atoms with Gasteiger partial charge in [0.05, 0.1) is 27.7 Å². The minimum atomic E-state index is 0.210. The maximum Gasteiger partial charge on any atom is 0.157 e. The van der Waals surface area contributed by atoms with Crippen LogP contribution < -0.4 is 0 Å². The lowest BCUT2D eigenvalue weighted by Crippen LogP contribution is -2.35. The van der Waals surface area contributed by atoms with Gasteiger partial charge in [-0.15, -0.1) is 0 Å². The van der Waals surface area contributed by atoms with Crippen LogP contribution in [0.25, 0.3) is 0 Å². The smallest absolute Gasteiger partial charge is 0.157 e. The molecule has 0 rings (SSSR count). The van der Waals surface area contributed by atoms with Gasteiger partial charge in [-0.3, -0.25) is 4.79 Å². The Morgan fingerprint density at radius 1 is 1.23 bits per heavy atom. The maximum atomic E-state index is 11.2. The van der Waals surface area contributed by atoms with Crippen LogP contribution in [0, 0.1) is 0 Å². The number of hydrogen-bond donors (Lipinski definition) is 0. The van der Waals surface area contributed by atoms with E-state index in [0.717, 1.165) is 23.9 Å². The molecule has 0 spiro atoms. The number of rotatable bonds is 6. The molecule has 0 aliphatic carbocycles. The summed E-state index contributed by atoms with van der Waals surface area (Å²) in [6, 6.07) is 0. The van der Waals surface area contributed by atoms with E-state index in [1.165, 1.54) is 0 Å². The number of ketones is 1. The molecule has 76 valence electrons. The van der Waals surface area contributed by atoms with Crippen molar-refractivity contribution < 1.29 is 9.28 Å². The zero-order chi connectivity index (χ0) is 10.5. The van der Waals surface area contributed by atoms with Gasteiger partial charge in [0.2, 0.25) is 0 Å². The molecule has 0 heterocycles. The molecule has 0 aromatic rings. The molecule has 2 heteroatoms. The molecule has 0 radical (unpaired) electrons. The van der Waals surface area contributed by atoms with E-state index in [1.54, 1.807) is 6.92 Å². The fraction of sp³-hybridized carbons (Fsp3) is 0.727. The third-order valence-electron chi connectivity index (χ3n) is 1.96. The monoisotopic (exact) mass is 184 g/mol. The first-order valence-electron chi connectivity index (χ1n) is 4.82. The van der Waals surface area contributed by atoms with Crippen LogP contribution >= 0.6 is 0 Å². The highest BCUT2D eigenvalue weighted by Gasteiger charge is 2.07. The van der Waals surface area contributed by atoms with Crippen LogP contribution in [0.15, 0.2) is 12.2 Å². The van der Waals surface area contributed by atoms with E-state index in [1.807, 2.05) is 0 Å². The van der Waals surface area contributed by atoms with E-state index < -0.39 is 0 Å². The summed E-state index contributed by atoms with van der Waals surface area (Å²) in [5.41, 5.74) is 0.685. The van der Waals surface area contributed by atoms with Crippen LogP contribution in [0.5, 0.6) is 0 Å². The third kappa shape index (κ3) is 7.72. The number of unbranched alkanes of at least 4 members (excludes halogenated alkanes) is 1. The number of quaternary nitrogens is 1. The number of carbonyl (C=O) groups excluding carboxylic acids is 1. The third-order valence-corrected chi connectivity index (χ3v) is 1.96. The standard InChI is InChI=1S/C11H22NO/c1-10(2)11(13)8-6-7-9-12(3,4)5/h1,6-9H2,2-5H3/q+1. The zero-order valence-electron chi connectivity index (χ0n) is 9.39. The Bertz CT molecular complexity index is 189. The normalized spacial score (nSPS) is 11.4. The SMILES string of the molecule is C=C(C)C(=O)CCCC[N+](C)(C)C. The second-order valence-corrected chi connectivity index (χ2v) is 4.67. The molecule has 0 amide bonds. The quantitative estimate of drug-likeness (QED) is 0.350. The van der Waals surface area contributed by atoms with Crippen LogP contribution in [0.2, 0.25) is 0 Å². The van der Waals surface area contributed by atoms with Gasteiger partial charge in [-0.05, 0) is 25.3 Å². The van der Waals surface area contributed by atoms with Gasteiger partial charge < -0.3 is 4.48 Å². The highest BCUT2D eigenvalue weighted by atomic mass is 16.1. The number of Topliss-reactive ketones (excluding diaryl/α,β-unsaturated/α-hetero) is 1. The molecule has 0 saturated heterocycles. The van der Waals surface area contributed by atoms with Crippen molar-refractivity contribution in [3.05, 3.63) is 12.2 Å². The molecule has 0 unspecified atom stereocenters. The average Bonchev–Trinajstić information content (AvgIpc) is 1.95. The van der Waals surface area contributed by atoms with Crippen LogP contribution in [0.1, 0.15) is 26.2 Å². The number of hydrogen-bond acceptors (Lipinski definition) is 1. The van der Waals surface area contributed by atoms with Crippen molar-refractivity contribution in [3.63, 3.8) is 0 Å². The molecule has 0 aliphatic heterocycles. The Labute approximate surface area is 81.8 Å². The second-order valence-electron chi connectivity index (χ2n) is 4.67. The van der Waals surface area contributed by atoms with Crippen LogP contribution in [-0.4, -0.2) is 38.0 Å². The fourth-order valence-corrected chi connectivity index (χ4v) is 1.09. The molecule has 0 bridgehead atoms. The predicted octanol–water partition coefficient (Wildman–Crippen LogP) is 2.01.